The highest BCUT2D eigenvalue weighted by atomic mass is 16.5. The topological polar surface area (TPSA) is 82.5 Å². The van der Waals surface area contributed by atoms with E-state index in [4.69, 9.17) is 0 Å². The Bertz CT molecular complexity index is 853. The van der Waals surface area contributed by atoms with Crippen molar-refractivity contribution in [1.29, 1.82) is 0 Å². The Morgan fingerprint density at radius 1 is 1.27 bits per heavy atom. The number of carbonyl (C=O) groups is 2. The van der Waals surface area contributed by atoms with Crippen LogP contribution in [0.15, 0.2) is 42.7 Å². The van der Waals surface area contributed by atoms with Crippen LogP contribution in [-0.2, 0) is 24.2 Å². The summed E-state index contributed by atoms with van der Waals surface area (Å²) in [6.45, 7) is 0.839. The fourth-order valence-corrected chi connectivity index (χ4v) is 4.00. The molecule has 0 radical (unpaired) electrons. The number of benzene rings is 1. The van der Waals surface area contributed by atoms with E-state index in [9.17, 15) is 14.8 Å². The predicted octanol–water partition coefficient (Wildman–Crippen LogP) is 2.11. The van der Waals surface area contributed by atoms with Gasteiger partial charge in [0.25, 0.3) is 5.91 Å². The number of nitrogens with one attached hydrogen (secondary N) is 1. The van der Waals surface area contributed by atoms with Gasteiger partial charge in [0.1, 0.15) is 0 Å². The van der Waals surface area contributed by atoms with Gasteiger partial charge in [0.05, 0.1) is 12.0 Å². The van der Waals surface area contributed by atoms with E-state index in [1.165, 1.54) is 0 Å². The molecule has 6 heteroatoms. The van der Waals surface area contributed by atoms with E-state index in [-0.39, 0.29) is 17.9 Å². The van der Waals surface area contributed by atoms with Crippen molar-refractivity contribution < 1.29 is 14.8 Å². The van der Waals surface area contributed by atoms with Crippen molar-refractivity contribution in [3.63, 3.8) is 0 Å². The first-order chi connectivity index (χ1) is 12.6. The van der Waals surface area contributed by atoms with Crippen molar-refractivity contribution >= 4 is 11.8 Å². The first kappa shape index (κ1) is 16.7. The number of nitrogens with zero attached hydrogens (tertiary/aromatic N) is 2. The first-order valence-electron chi connectivity index (χ1n) is 8.87. The van der Waals surface area contributed by atoms with Crippen molar-refractivity contribution in [2.24, 2.45) is 5.41 Å². The summed E-state index contributed by atoms with van der Waals surface area (Å²) in [6, 6.07) is 9.08. The second kappa shape index (κ2) is 6.53. The van der Waals surface area contributed by atoms with Gasteiger partial charge in [-0.15, -0.1) is 0 Å². The molecule has 2 aromatic rings. The molecule has 134 valence electrons. The lowest BCUT2D eigenvalue weighted by molar-refractivity contribution is -0.128. The zero-order chi connectivity index (χ0) is 18.1. The Hall–Kier alpha value is -2.73. The van der Waals surface area contributed by atoms with E-state index >= 15 is 0 Å². The second-order valence-corrected chi connectivity index (χ2v) is 7.17. The fourth-order valence-electron chi connectivity index (χ4n) is 4.00. The van der Waals surface area contributed by atoms with Crippen molar-refractivity contribution in [3.8, 4) is 0 Å². The summed E-state index contributed by atoms with van der Waals surface area (Å²) in [5.41, 5.74) is 3.16. The van der Waals surface area contributed by atoms with Gasteiger partial charge in [-0.3, -0.25) is 19.8 Å². The van der Waals surface area contributed by atoms with Gasteiger partial charge in [-0.25, -0.2) is 5.06 Å². The Morgan fingerprint density at radius 2 is 2.15 bits per heavy atom. The SMILES string of the molecule is O=C(c1ccc2c(c1)CC[C@@]1(CCNC1=O)C2)N(O)Cc1cccnc1. The van der Waals surface area contributed by atoms with Crippen LogP contribution < -0.4 is 5.32 Å². The lowest BCUT2D eigenvalue weighted by atomic mass is 9.70. The van der Waals surface area contributed by atoms with Crippen LogP contribution >= 0.6 is 0 Å². The predicted molar refractivity (Wildman–Crippen MR) is 94.4 cm³/mol. The molecule has 0 bridgehead atoms. The molecule has 2 N–H and O–H groups in total. The number of hydroxylamine groups is 2. The molecule has 1 aromatic carbocycles. The summed E-state index contributed by atoms with van der Waals surface area (Å²) in [7, 11) is 0. The van der Waals surface area contributed by atoms with E-state index in [0.29, 0.717) is 10.6 Å². The van der Waals surface area contributed by atoms with E-state index < -0.39 is 5.91 Å². The minimum Gasteiger partial charge on any atom is -0.356 e. The van der Waals surface area contributed by atoms with Crippen molar-refractivity contribution in [2.75, 3.05) is 6.54 Å². The number of amides is 2. The molecule has 0 unspecified atom stereocenters. The van der Waals surface area contributed by atoms with Gasteiger partial charge in [0, 0.05) is 24.5 Å². The molecule has 1 aliphatic carbocycles. The van der Waals surface area contributed by atoms with Gasteiger partial charge in [0.2, 0.25) is 5.91 Å². The molecular weight excluding hydrogens is 330 g/mol. The van der Waals surface area contributed by atoms with Gasteiger partial charge in [-0.05, 0) is 60.6 Å². The highest BCUT2D eigenvalue weighted by molar-refractivity contribution is 5.94. The van der Waals surface area contributed by atoms with Crippen LogP contribution in [0.1, 0.15) is 39.9 Å². The summed E-state index contributed by atoms with van der Waals surface area (Å²) in [4.78, 5) is 28.7. The monoisotopic (exact) mass is 351 g/mol. The zero-order valence-electron chi connectivity index (χ0n) is 14.4. The van der Waals surface area contributed by atoms with Crippen LogP contribution in [0.4, 0.5) is 0 Å². The third-order valence-electron chi connectivity index (χ3n) is 5.52. The molecule has 1 saturated heterocycles. The number of fused-ring (bicyclic) bond motifs is 1. The molecule has 1 aliphatic heterocycles. The minimum absolute atomic E-state index is 0.0903. The lowest BCUT2D eigenvalue weighted by Crippen LogP contribution is -2.36. The van der Waals surface area contributed by atoms with E-state index in [0.717, 1.165) is 48.9 Å². The summed E-state index contributed by atoms with van der Waals surface area (Å²) >= 11 is 0. The van der Waals surface area contributed by atoms with Crippen LogP contribution in [0.2, 0.25) is 0 Å². The number of aryl methyl sites for hydroxylation is 1. The third-order valence-corrected chi connectivity index (χ3v) is 5.52. The van der Waals surface area contributed by atoms with Gasteiger partial charge in [-0.2, -0.15) is 0 Å². The van der Waals surface area contributed by atoms with E-state index in [1.54, 1.807) is 24.5 Å². The third kappa shape index (κ3) is 2.97. The number of pyridine rings is 1. The van der Waals surface area contributed by atoms with Crippen molar-refractivity contribution in [2.45, 2.75) is 32.2 Å². The number of hydrogen-bond donors (Lipinski definition) is 2. The van der Waals surface area contributed by atoms with E-state index in [2.05, 4.69) is 10.3 Å². The fraction of sp³-hybridized carbons (Fsp3) is 0.350. The highest BCUT2D eigenvalue weighted by Crippen LogP contribution is 2.41. The van der Waals surface area contributed by atoms with Gasteiger partial charge in [0.15, 0.2) is 0 Å². The van der Waals surface area contributed by atoms with Crippen LogP contribution in [-0.4, -0.2) is 33.6 Å². The standard InChI is InChI=1S/C20H21N3O3/c24-18(23(26)13-14-2-1-8-21-12-14)16-3-4-17-11-20(6-5-15(17)10-16)7-9-22-19(20)25/h1-4,8,10,12,26H,5-7,9,11,13H2,(H,22,25)/t20-/m1/s1. The maximum atomic E-state index is 12.5. The Morgan fingerprint density at radius 3 is 2.88 bits per heavy atom. The van der Waals surface area contributed by atoms with Crippen LogP contribution in [0.3, 0.4) is 0 Å². The summed E-state index contributed by atoms with van der Waals surface area (Å²) in [5.74, 6) is -0.281. The first-order valence-corrected chi connectivity index (χ1v) is 8.87. The molecule has 0 saturated carbocycles. The zero-order valence-corrected chi connectivity index (χ0v) is 14.4. The number of aromatic nitrogens is 1. The smallest absolute Gasteiger partial charge is 0.277 e. The van der Waals surface area contributed by atoms with Gasteiger partial charge < -0.3 is 5.32 Å². The summed E-state index contributed by atoms with van der Waals surface area (Å²) in [5, 5.41) is 13.8. The highest BCUT2D eigenvalue weighted by Gasteiger charge is 2.44. The van der Waals surface area contributed by atoms with Crippen molar-refractivity contribution in [1.82, 2.24) is 15.4 Å². The number of rotatable bonds is 3. The normalized spacial score (nSPS) is 21.3. The molecule has 6 nitrogen and oxygen atoms in total. The van der Waals surface area contributed by atoms with Crippen molar-refractivity contribution in [3.05, 3.63) is 65.0 Å². The maximum Gasteiger partial charge on any atom is 0.277 e. The van der Waals surface area contributed by atoms with E-state index in [1.807, 2.05) is 18.2 Å². The summed E-state index contributed by atoms with van der Waals surface area (Å²) < 4.78 is 0. The molecule has 2 heterocycles. The summed E-state index contributed by atoms with van der Waals surface area (Å²) in [6.07, 6.45) is 6.45. The Balaban J connectivity index is 1.51. The van der Waals surface area contributed by atoms with Crippen LogP contribution in [0.5, 0.6) is 0 Å². The maximum absolute atomic E-state index is 12.5. The molecule has 2 aliphatic rings. The Kier molecular flexibility index (Phi) is 4.20. The van der Waals surface area contributed by atoms with Crippen LogP contribution in [0, 0.1) is 5.41 Å². The Labute approximate surface area is 151 Å². The molecule has 1 fully saturated rings. The average molecular weight is 351 g/mol. The minimum atomic E-state index is -0.435. The largest absolute Gasteiger partial charge is 0.356 e. The average Bonchev–Trinajstić information content (AvgIpc) is 3.01. The molecule has 1 spiro atoms. The van der Waals surface area contributed by atoms with Crippen LogP contribution in [0.25, 0.3) is 0 Å². The number of hydrogen-bond acceptors (Lipinski definition) is 4. The molecular formula is C20H21N3O3. The molecule has 4 rings (SSSR count). The van der Waals surface area contributed by atoms with Gasteiger partial charge >= 0.3 is 0 Å². The van der Waals surface area contributed by atoms with Gasteiger partial charge in [-0.1, -0.05) is 12.1 Å². The lowest BCUT2D eigenvalue weighted by Gasteiger charge is -2.32. The molecule has 1 atom stereocenters. The quantitative estimate of drug-likeness (QED) is 0.655. The molecule has 26 heavy (non-hydrogen) atoms. The molecule has 2 amide bonds. The molecule has 1 aromatic heterocycles. The number of carbonyl (C=O) groups excluding carboxylic acids is 2. The second-order valence-electron chi connectivity index (χ2n) is 7.17.